The molecule has 0 bridgehead atoms. The molecule has 3 nitrogen and oxygen atoms in total. The molecule has 0 saturated carbocycles. The lowest BCUT2D eigenvalue weighted by molar-refractivity contribution is 0.302. The van der Waals surface area contributed by atoms with Gasteiger partial charge in [0.05, 0.1) is 6.54 Å². The van der Waals surface area contributed by atoms with Crippen LogP contribution in [-0.4, -0.2) is 6.54 Å². The second kappa shape index (κ2) is 7.27. The summed E-state index contributed by atoms with van der Waals surface area (Å²) in [6.07, 6.45) is 0. The minimum Gasteiger partial charge on any atom is -0.489 e. The number of furan rings is 1. The molecule has 0 spiro atoms. The maximum atomic E-state index is 12.8. The van der Waals surface area contributed by atoms with Crippen LogP contribution in [0, 0.1) is 18.7 Å². The molecule has 0 amide bonds. The summed E-state index contributed by atoms with van der Waals surface area (Å²) in [4.78, 5) is 0. The minimum absolute atomic E-state index is 0.264. The van der Waals surface area contributed by atoms with E-state index in [9.17, 15) is 4.39 Å². The third kappa shape index (κ3) is 4.90. The molecule has 1 heterocycles. The highest BCUT2D eigenvalue weighted by Gasteiger charge is 2.08. The maximum absolute atomic E-state index is 12.8. The van der Waals surface area contributed by atoms with Crippen LogP contribution in [0.1, 0.15) is 30.9 Å². The Balaban J connectivity index is 1.88. The quantitative estimate of drug-likeness (QED) is 0.835. The maximum Gasteiger partial charge on any atom is 0.123 e. The number of rotatable bonds is 7. The summed E-state index contributed by atoms with van der Waals surface area (Å²) in [5, 5.41) is 3.35. The van der Waals surface area contributed by atoms with Crippen LogP contribution in [0.25, 0.3) is 0 Å². The topological polar surface area (TPSA) is 34.4 Å². The largest absolute Gasteiger partial charge is 0.489 e. The molecule has 1 aromatic heterocycles. The molecular weight excluding hydrogens is 269 g/mol. The molecular formula is C17H22FNO2. The first-order chi connectivity index (χ1) is 10.0. The van der Waals surface area contributed by atoms with Crippen molar-refractivity contribution in [3.8, 4) is 5.75 Å². The third-order valence-corrected chi connectivity index (χ3v) is 3.13. The Kier molecular flexibility index (Phi) is 5.39. The van der Waals surface area contributed by atoms with E-state index in [1.807, 2.05) is 13.0 Å². The van der Waals surface area contributed by atoms with Gasteiger partial charge in [-0.1, -0.05) is 13.8 Å². The lowest BCUT2D eigenvalue weighted by atomic mass is 10.2. The van der Waals surface area contributed by atoms with Gasteiger partial charge in [-0.15, -0.1) is 0 Å². The number of benzene rings is 1. The zero-order valence-corrected chi connectivity index (χ0v) is 12.8. The molecule has 4 heteroatoms. The molecule has 21 heavy (non-hydrogen) atoms. The molecule has 2 aromatic rings. The minimum atomic E-state index is -0.264. The van der Waals surface area contributed by atoms with Crippen LogP contribution in [-0.2, 0) is 13.2 Å². The van der Waals surface area contributed by atoms with Crippen LogP contribution in [0.5, 0.6) is 5.75 Å². The Labute approximate surface area is 125 Å². The van der Waals surface area contributed by atoms with E-state index in [2.05, 4.69) is 19.2 Å². The molecule has 0 aliphatic rings. The van der Waals surface area contributed by atoms with Crippen molar-refractivity contribution in [1.29, 1.82) is 0 Å². The molecule has 0 aliphatic carbocycles. The van der Waals surface area contributed by atoms with Gasteiger partial charge in [0.15, 0.2) is 0 Å². The smallest absolute Gasteiger partial charge is 0.123 e. The fourth-order valence-corrected chi connectivity index (χ4v) is 1.99. The van der Waals surface area contributed by atoms with E-state index in [1.54, 1.807) is 12.1 Å². The SMILES string of the molecule is Cc1oc(CNCC(C)C)cc1COc1ccc(F)cc1. The number of ether oxygens (including phenoxy) is 1. The third-order valence-electron chi connectivity index (χ3n) is 3.13. The first-order valence-electron chi connectivity index (χ1n) is 7.22. The van der Waals surface area contributed by atoms with E-state index in [0.717, 1.165) is 30.2 Å². The van der Waals surface area contributed by atoms with E-state index < -0.39 is 0 Å². The molecule has 0 unspecified atom stereocenters. The molecule has 0 radical (unpaired) electrons. The Morgan fingerprint density at radius 3 is 2.62 bits per heavy atom. The van der Waals surface area contributed by atoms with Crippen molar-refractivity contribution in [3.05, 3.63) is 53.2 Å². The first kappa shape index (κ1) is 15.6. The van der Waals surface area contributed by atoms with E-state index in [1.165, 1.54) is 12.1 Å². The molecule has 0 saturated heterocycles. The molecule has 0 fully saturated rings. The van der Waals surface area contributed by atoms with Gasteiger partial charge in [-0.05, 0) is 49.7 Å². The lowest BCUT2D eigenvalue weighted by Gasteiger charge is -2.05. The second-order valence-electron chi connectivity index (χ2n) is 5.56. The van der Waals surface area contributed by atoms with Crippen molar-refractivity contribution >= 4 is 0 Å². The highest BCUT2D eigenvalue weighted by molar-refractivity contribution is 5.24. The Morgan fingerprint density at radius 1 is 1.24 bits per heavy atom. The fraction of sp³-hybridized carbons (Fsp3) is 0.412. The van der Waals surface area contributed by atoms with Crippen LogP contribution >= 0.6 is 0 Å². The highest BCUT2D eigenvalue weighted by Crippen LogP contribution is 2.18. The van der Waals surface area contributed by atoms with Gasteiger partial charge in [-0.2, -0.15) is 0 Å². The summed E-state index contributed by atoms with van der Waals surface area (Å²) >= 11 is 0. The Hall–Kier alpha value is -1.81. The molecule has 2 rings (SSSR count). The number of aryl methyl sites for hydroxylation is 1. The lowest BCUT2D eigenvalue weighted by Crippen LogP contribution is -2.18. The van der Waals surface area contributed by atoms with Crippen molar-refractivity contribution in [2.24, 2.45) is 5.92 Å². The molecule has 1 N–H and O–H groups in total. The number of nitrogens with one attached hydrogen (secondary N) is 1. The van der Waals surface area contributed by atoms with Crippen LogP contribution in [0.3, 0.4) is 0 Å². The fourth-order valence-electron chi connectivity index (χ4n) is 1.99. The van der Waals surface area contributed by atoms with Crippen LogP contribution in [0.15, 0.2) is 34.7 Å². The summed E-state index contributed by atoms with van der Waals surface area (Å²) in [6.45, 7) is 8.36. The standard InChI is InChI=1S/C17H22FNO2/c1-12(2)9-19-10-17-8-14(13(3)21-17)11-20-16-6-4-15(18)5-7-16/h4-8,12,19H,9-11H2,1-3H3. The van der Waals surface area contributed by atoms with E-state index in [4.69, 9.17) is 9.15 Å². The van der Waals surface area contributed by atoms with Crippen LogP contribution < -0.4 is 10.1 Å². The summed E-state index contributed by atoms with van der Waals surface area (Å²) in [6, 6.07) is 8.02. The zero-order valence-electron chi connectivity index (χ0n) is 12.8. The second-order valence-corrected chi connectivity index (χ2v) is 5.56. The summed E-state index contributed by atoms with van der Waals surface area (Å²) in [5.74, 6) is 2.77. The van der Waals surface area contributed by atoms with Gasteiger partial charge in [-0.25, -0.2) is 4.39 Å². The number of halogens is 1. The van der Waals surface area contributed by atoms with E-state index in [-0.39, 0.29) is 5.82 Å². The van der Waals surface area contributed by atoms with E-state index in [0.29, 0.717) is 18.3 Å². The number of hydrogen-bond donors (Lipinski definition) is 1. The first-order valence-corrected chi connectivity index (χ1v) is 7.22. The van der Waals surface area contributed by atoms with Gasteiger partial charge >= 0.3 is 0 Å². The molecule has 0 aliphatic heterocycles. The molecule has 0 atom stereocenters. The number of hydrogen-bond acceptors (Lipinski definition) is 3. The Bertz CT molecular complexity index is 561. The average molecular weight is 291 g/mol. The molecule has 1 aromatic carbocycles. The molecule has 114 valence electrons. The van der Waals surface area contributed by atoms with Crippen LogP contribution in [0.2, 0.25) is 0 Å². The Morgan fingerprint density at radius 2 is 1.95 bits per heavy atom. The zero-order chi connectivity index (χ0) is 15.2. The summed E-state index contributed by atoms with van der Waals surface area (Å²) in [7, 11) is 0. The van der Waals surface area contributed by atoms with Gasteiger partial charge in [0, 0.05) is 5.56 Å². The van der Waals surface area contributed by atoms with E-state index >= 15 is 0 Å². The predicted molar refractivity (Wildman–Crippen MR) is 80.7 cm³/mol. The van der Waals surface area contributed by atoms with Crippen LogP contribution in [0.4, 0.5) is 4.39 Å². The van der Waals surface area contributed by atoms with Crippen molar-refractivity contribution in [1.82, 2.24) is 5.32 Å². The highest BCUT2D eigenvalue weighted by atomic mass is 19.1. The van der Waals surface area contributed by atoms with Gasteiger partial charge < -0.3 is 14.5 Å². The van der Waals surface area contributed by atoms with Gasteiger partial charge in [-0.3, -0.25) is 0 Å². The van der Waals surface area contributed by atoms with Crippen molar-refractivity contribution in [2.75, 3.05) is 6.54 Å². The van der Waals surface area contributed by atoms with Crippen molar-refractivity contribution < 1.29 is 13.5 Å². The summed E-state index contributed by atoms with van der Waals surface area (Å²) < 4.78 is 24.2. The van der Waals surface area contributed by atoms with Crippen molar-refractivity contribution in [2.45, 2.75) is 33.9 Å². The normalized spacial score (nSPS) is 11.1. The monoisotopic (exact) mass is 291 g/mol. The predicted octanol–water partition coefficient (Wildman–Crippen LogP) is 4.05. The van der Waals surface area contributed by atoms with Gasteiger partial charge in [0.1, 0.15) is 29.7 Å². The average Bonchev–Trinajstić information content (AvgIpc) is 2.78. The van der Waals surface area contributed by atoms with Gasteiger partial charge in [0.25, 0.3) is 0 Å². The summed E-state index contributed by atoms with van der Waals surface area (Å²) in [5.41, 5.74) is 1.01. The van der Waals surface area contributed by atoms with Crippen molar-refractivity contribution in [3.63, 3.8) is 0 Å². The van der Waals surface area contributed by atoms with Gasteiger partial charge in [0.2, 0.25) is 0 Å².